The molecule has 0 spiro atoms. The molecule has 0 saturated heterocycles. The summed E-state index contributed by atoms with van der Waals surface area (Å²) in [6.07, 6.45) is 3.39. The lowest BCUT2D eigenvalue weighted by atomic mass is 10.0. The van der Waals surface area contributed by atoms with E-state index < -0.39 is 0 Å². The second kappa shape index (κ2) is 5.01. The molecule has 4 nitrogen and oxygen atoms in total. The van der Waals surface area contributed by atoms with E-state index in [1.807, 2.05) is 25.1 Å². The zero-order valence-electron chi connectivity index (χ0n) is 11.8. The molecule has 0 unspecified atom stereocenters. The van der Waals surface area contributed by atoms with Crippen LogP contribution in [0.3, 0.4) is 0 Å². The lowest BCUT2D eigenvalue weighted by molar-refractivity contribution is 0.627. The average molecular weight is 282 g/mol. The van der Waals surface area contributed by atoms with Gasteiger partial charge in [0.25, 0.3) is 0 Å². The molecule has 2 heterocycles. The maximum atomic E-state index is 13.7. The molecule has 3 aromatic rings. The molecular weight excluding hydrogens is 267 g/mol. The Labute approximate surface area is 122 Å². The van der Waals surface area contributed by atoms with Gasteiger partial charge in [0.1, 0.15) is 17.3 Å². The van der Waals surface area contributed by atoms with Crippen LogP contribution < -0.4 is 5.73 Å². The average Bonchev–Trinajstić information content (AvgIpc) is 2.75. The summed E-state index contributed by atoms with van der Waals surface area (Å²) in [5.74, 6) is 0.257. The first-order valence-electron chi connectivity index (χ1n) is 6.56. The Bertz CT molecular complexity index is 773. The zero-order valence-corrected chi connectivity index (χ0v) is 11.8. The number of rotatable bonds is 2. The summed E-state index contributed by atoms with van der Waals surface area (Å²) in [7, 11) is 1.77. The molecule has 2 aromatic heterocycles. The van der Waals surface area contributed by atoms with E-state index in [4.69, 9.17) is 5.73 Å². The van der Waals surface area contributed by atoms with E-state index in [2.05, 4.69) is 10.1 Å². The van der Waals surface area contributed by atoms with Gasteiger partial charge in [0.2, 0.25) is 0 Å². The van der Waals surface area contributed by atoms with E-state index in [9.17, 15) is 4.39 Å². The van der Waals surface area contributed by atoms with Crippen LogP contribution in [0.1, 0.15) is 5.56 Å². The smallest absolute Gasteiger partial charge is 0.129 e. The van der Waals surface area contributed by atoms with Crippen LogP contribution in [0.15, 0.2) is 42.7 Å². The molecule has 0 aliphatic heterocycles. The van der Waals surface area contributed by atoms with Crippen LogP contribution in [-0.4, -0.2) is 14.8 Å². The monoisotopic (exact) mass is 282 g/mol. The third-order valence-corrected chi connectivity index (χ3v) is 3.38. The predicted molar refractivity (Wildman–Crippen MR) is 81.0 cm³/mol. The summed E-state index contributed by atoms with van der Waals surface area (Å²) in [4.78, 5) is 4.01. The van der Waals surface area contributed by atoms with Crippen molar-refractivity contribution in [1.82, 2.24) is 14.8 Å². The highest BCUT2D eigenvalue weighted by atomic mass is 19.1. The molecule has 106 valence electrons. The fourth-order valence-corrected chi connectivity index (χ4v) is 2.42. The van der Waals surface area contributed by atoms with Gasteiger partial charge in [0.05, 0.1) is 5.56 Å². The van der Waals surface area contributed by atoms with Gasteiger partial charge in [-0.1, -0.05) is 0 Å². The SMILES string of the molecule is Cc1cc(F)cc(-c2nn(C)c(N)c2-c2ccncc2)c1. The normalized spacial score (nSPS) is 10.8. The lowest BCUT2D eigenvalue weighted by Gasteiger charge is -2.05. The minimum Gasteiger partial charge on any atom is -0.383 e. The van der Waals surface area contributed by atoms with Gasteiger partial charge in [-0.2, -0.15) is 5.10 Å². The van der Waals surface area contributed by atoms with Gasteiger partial charge in [0.15, 0.2) is 0 Å². The molecule has 0 fully saturated rings. The van der Waals surface area contributed by atoms with Gasteiger partial charge in [-0.15, -0.1) is 0 Å². The standard InChI is InChI=1S/C16H15FN4/c1-10-7-12(9-13(17)8-10)15-14(16(18)21(2)20-15)11-3-5-19-6-4-11/h3-9H,18H2,1-2H3. The number of nitrogens with zero attached hydrogens (tertiary/aromatic N) is 3. The van der Waals surface area contributed by atoms with Crippen LogP contribution in [0.2, 0.25) is 0 Å². The van der Waals surface area contributed by atoms with Crippen LogP contribution in [0, 0.1) is 12.7 Å². The molecule has 1 aromatic carbocycles. The van der Waals surface area contributed by atoms with Gasteiger partial charge < -0.3 is 5.73 Å². The number of halogens is 1. The van der Waals surface area contributed by atoms with Crippen molar-refractivity contribution in [1.29, 1.82) is 0 Å². The highest BCUT2D eigenvalue weighted by molar-refractivity contribution is 5.88. The molecular formula is C16H15FN4. The summed E-state index contributed by atoms with van der Waals surface area (Å²) < 4.78 is 15.3. The van der Waals surface area contributed by atoms with Gasteiger partial charge >= 0.3 is 0 Å². The van der Waals surface area contributed by atoms with Gasteiger partial charge in [0, 0.05) is 25.0 Å². The number of benzene rings is 1. The Kier molecular flexibility index (Phi) is 3.17. The number of hydrogen-bond acceptors (Lipinski definition) is 3. The first kappa shape index (κ1) is 13.3. The third kappa shape index (κ3) is 2.38. The Morgan fingerprint density at radius 2 is 1.81 bits per heavy atom. The highest BCUT2D eigenvalue weighted by Crippen LogP contribution is 2.36. The molecule has 0 radical (unpaired) electrons. The summed E-state index contributed by atoms with van der Waals surface area (Å²) >= 11 is 0. The molecule has 0 saturated carbocycles. The number of hydrogen-bond donors (Lipinski definition) is 1. The number of nitrogen functional groups attached to an aromatic ring is 1. The van der Waals surface area contributed by atoms with E-state index in [0.717, 1.165) is 16.7 Å². The van der Waals surface area contributed by atoms with Gasteiger partial charge in [-0.25, -0.2) is 4.39 Å². The van der Waals surface area contributed by atoms with Crippen LogP contribution in [0.5, 0.6) is 0 Å². The van der Waals surface area contributed by atoms with E-state index in [1.54, 1.807) is 24.1 Å². The molecule has 0 aliphatic carbocycles. The van der Waals surface area contributed by atoms with E-state index in [-0.39, 0.29) is 5.82 Å². The van der Waals surface area contributed by atoms with Crippen molar-refractivity contribution in [3.8, 4) is 22.4 Å². The van der Waals surface area contributed by atoms with Gasteiger partial charge in [-0.05, 0) is 48.4 Å². The number of aromatic nitrogens is 3. The fraction of sp³-hybridized carbons (Fsp3) is 0.125. The van der Waals surface area contributed by atoms with Crippen molar-refractivity contribution < 1.29 is 4.39 Å². The first-order valence-corrected chi connectivity index (χ1v) is 6.56. The molecule has 5 heteroatoms. The molecule has 0 aliphatic rings. The number of pyridine rings is 1. The lowest BCUT2D eigenvalue weighted by Crippen LogP contribution is -1.97. The number of anilines is 1. The molecule has 0 bridgehead atoms. The molecule has 2 N–H and O–H groups in total. The van der Waals surface area contributed by atoms with Crippen molar-refractivity contribution in [3.63, 3.8) is 0 Å². The number of aryl methyl sites for hydroxylation is 2. The minimum atomic E-state index is -0.282. The van der Waals surface area contributed by atoms with Gasteiger partial charge in [-0.3, -0.25) is 9.67 Å². The molecule has 3 rings (SSSR count). The molecule has 21 heavy (non-hydrogen) atoms. The van der Waals surface area contributed by atoms with E-state index in [1.165, 1.54) is 12.1 Å². The maximum absolute atomic E-state index is 13.7. The van der Waals surface area contributed by atoms with E-state index in [0.29, 0.717) is 17.1 Å². The largest absolute Gasteiger partial charge is 0.383 e. The second-order valence-corrected chi connectivity index (χ2v) is 4.99. The molecule has 0 amide bonds. The van der Waals surface area contributed by atoms with Crippen LogP contribution in [-0.2, 0) is 7.05 Å². The van der Waals surface area contributed by atoms with Crippen LogP contribution in [0.4, 0.5) is 10.2 Å². The fourth-order valence-electron chi connectivity index (χ4n) is 2.42. The summed E-state index contributed by atoms with van der Waals surface area (Å²) in [5, 5.41) is 4.44. The summed E-state index contributed by atoms with van der Waals surface area (Å²) in [5.41, 5.74) is 10.1. The highest BCUT2D eigenvalue weighted by Gasteiger charge is 2.18. The van der Waals surface area contributed by atoms with E-state index >= 15 is 0 Å². The Hall–Kier alpha value is -2.69. The second-order valence-electron chi connectivity index (χ2n) is 4.99. The van der Waals surface area contributed by atoms with Crippen molar-refractivity contribution in [2.24, 2.45) is 7.05 Å². The number of nitrogens with two attached hydrogens (primary N) is 1. The quantitative estimate of drug-likeness (QED) is 0.785. The Morgan fingerprint density at radius 1 is 1.10 bits per heavy atom. The van der Waals surface area contributed by atoms with Crippen molar-refractivity contribution in [3.05, 3.63) is 54.1 Å². The maximum Gasteiger partial charge on any atom is 0.129 e. The summed E-state index contributed by atoms with van der Waals surface area (Å²) in [6, 6.07) is 8.59. The van der Waals surface area contributed by atoms with Crippen LogP contribution in [0.25, 0.3) is 22.4 Å². The molecule has 0 atom stereocenters. The topological polar surface area (TPSA) is 56.7 Å². The predicted octanol–water partition coefficient (Wildman–Crippen LogP) is 3.18. The Balaban J connectivity index is 2.26. The van der Waals surface area contributed by atoms with Crippen molar-refractivity contribution in [2.45, 2.75) is 6.92 Å². The Morgan fingerprint density at radius 3 is 2.48 bits per heavy atom. The first-order chi connectivity index (χ1) is 10.1. The summed E-state index contributed by atoms with van der Waals surface area (Å²) in [6.45, 7) is 1.85. The third-order valence-electron chi connectivity index (χ3n) is 3.38. The van der Waals surface area contributed by atoms with Crippen LogP contribution >= 0.6 is 0 Å². The zero-order chi connectivity index (χ0) is 15.0. The van der Waals surface area contributed by atoms with Crippen molar-refractivity contribution >= 4 is 5.82 Å². The van der Waals surface area contributed by atoms with Crippen molar-refractivity contribution in [2.75, 3.05) is 5.73 Å². The minimum absolute atomic E-state index is 0.282.